The van der Waals surface area contributed by atoms with Gasteiger partial charge in [-0.2, -0.15) is 0 Å². The molecule has 0 aromatic heterocycles. The first kappa shape index (κ1) is 22.3. The van der Waals surface area contributed by atoms with Crippen molar-refractivity contribution in [1.82, 2.24) is 4.72 Å². The van der Waals surface area contributed by atoms with Crippen molar-refractivity contribution >= 4 is 21.7 Å². The molecule has 0 radical (unpaired) electrons. The Hall–Kier alpha value is -0.728. The van der Waals surface area contributed by atoms with Crippen molar-refractivity contribution in [2.24, 2.45) is 0 Å². The molecule has 0 amide bonds. The Labute approximate surface area is 203 Å². The first-order chi connectivity index (χ1) is 11.3. The number of rotatable bonds is 7. The molecule has 2 aromatic carbocycles. The van der Waals surface area contributed by atoms with Crippen LogP contribution in [-0.4, -0.2) is 25.4 Å². The largest absolute Gasteiger partial charge is 1.00 e. The first-order valence-corrected chi connectivity index (χ1v) is 8.29. The Balaban J connectivity index is 0.00000312. The van der Waals surface area contributed by atoms with Gasteiger partial charge in [0.25, 0.3) is 5.69 Å². The van der Waals surface area contributed by atoms with E-state index in [1.807, 2.05) is 4.72 Å². The number of aliphatic carboxylic acids is 1. The van der Waals surface area contributed by atoms with Crippen LogP contribution in [0, 0.1) is 10.1 Å². The van der Waals surface area contributed by atoms with Crippen molar-refractivity contribution in [2.45, 2.75) is 17.4 Å². The maximum atomic E-state index is 12.2. The predicted molar refractivity (Wildman–Crippen MR) is 82.4 cm³/mol. The second-order valence-corrected chi connectivity index (χ2v) is 6.65. The van der Waals surface area contributed by atoms with Crippen LogP contribution in [0.3, 0.4) is 0 Å². The van der Waals surface area contributed by atoms with Crippen LogP contribution >= 0.6 is 0 Å². The molecule has 0 saturated carbocycles. The number of carboxylic acid groups (broad SMARTS) is 1. The number of hydrogen-bond donors (Lipinski definition) is 1. The molecule has 0 fully saturated rings. The molecule has 8 nitrogen and oxygen atoms in total. The average molecular weight is 482 g/mol. The van der Waals surface area contributed by atoms with E-state index >= 15 is 0 Å². The Morgan fingerprint density at radius 2 is 1.64 bits per heavy atom. The third-order valence-electron chi connectivity index (χ3n) is 3.22. The van der Waals surface area contributed by atoms with E-state index < -0.39 is 27.0 Å². The Kier molecular flexibility index (Phi) is 8.77. The van der Waals surface area contributed by atoms with Gasteiger partial charge in [-0.25, -0.2) is 13.1 Å². The zero-order chi connectivity index (χ0) is 17.7. The molecular weight excluding hydrogens is 469 g/mol. The number of sulfonamides is 1. The SMILES string of the molecule is O=C([O-])[C@H](Cc1ccccc1)NS(=O)(=O)c1ccc([N+](=O)[O-])cc1.[Cs+]. The van der Waals surface area contributed by atoms with E-state index in [0.29, 0.717) is 5.56 Å². The van der Waals surface area contributed by atoms with Gasteiger partial charge >= 0.3 is 68.9 Å². The van der Waals surface area contributed by atoms with Crippen LogP contribution in [-0.2, 0) is 21.2 Å². The number of nitrogens with zero attached hydrogens (tertiary/aromatic N) is 1. The summed E-state index contributed by atoms with van der Waals surface area (Å²) in [6.45, 7) is 0. The number of nitro groups is 1. The number of benzene rings is 2. The van der Waals surface area contributed by atoms with Crippen LogP contribution < -0.4 is 78.7 Å². The van der Waals surface area contributed by atoms with E-state index in [1.54, 1.807) is 30.3 Å². The van der Waals surface area contributed by atoms with Gasteiger partial charge in [-0.1, -0.05) is 30.3 Å². The van der Waals surface area contributed by atoms with Gasteiger partial charge in [-0.05, 0) is 24.1 Å². The van der Waals surface area contributed by atoms with Gasteiger partial charge in [0.1, 0.15) is 0 Å². The molecule has 0 aliphatic heterocycles. The molecule has 0 spiro atoms. The van der Waals surface area contributed by atoms with Gasteiger partial charge in [0.15, 0.2) is 0 Å². The molecule has 0 aliphatic rings. The Morgan fingerprint density at radius 3 is 2.12 bits per heavy atom. The summed E-state index contributed by atoms with van der Waals surface area (Å²) in [6, 6.07) is 11.1. The summed E-state index contributed by atoms with van der Waals surface area (Å²) in [6.07, 6.45) is -0.0879. The van der Waals surface area contributed by atoms with Gasteiger partial charge in [-0.15, -0.1) is 0 Å². The topological polar surface area (TPSA) is 129 Å². The van der Waals surface area contributed by atoms with Crippen LogP contribution in [0.1, 0.15) is 5.56 Å². The maximum Gasteiger partial charge on any atom is 1.00 e. The molecular formula is C15H13CsN2O6S. The van der Waals surface area contributed by atoms with E-state index in [0.717, 1.165) is 24.3 Å². The van der Waals surface area contributed by atoms with Crippen molar-refractivity contribution in [3.05, 3.63) is 70.3 Å². The van der Waals surface area contributed by atoms with Gasteiger partial charge < -0.3 is 9.90 Å². The normalized spacial score (nSPS) is 12.0. The molecule has 25 heavy (non-hydrogen) atoms. The fraction of sp³-hybridized carbons (Fsp3) is 0.133. The molecule has 0 heterocycles. The van der Waals surface area contributed by atoms with E-state index in [-0.39, 0.29) is 85.9 Å². The monoisotopic (exact) mass is 482 g/mol. The van der Waals surface area contributed by atoms with E-state index in [4.69, 9.17) is 0 Å². The molecule has 0 bridgehead atoms. The molecule has 126 valence electrons. The van der Waals surface area contributed by atoms with E-state index in [1.165, 1.54) is 0 Å². The zero-order valence-corrected chi connectivity index (χ0v) is 20.4. The van der Waals surface area contributed by atoms with Crippen LogP contribution in [0.4, 0.5) is 5.69 Å². The second kappa shape index (κ2) is 9.83. The number of nitro benzene ring substituents is 1. The molecule has 1 atom stereocenters. The standard InChI is InChI=1S/C15H14N2O6S.Cs/c18-15(19)14(10-11-4-2-1-3-5-11)16-24(22,23)13-8-6-12(7-9-13)17(20)21;/h1-9,14,16H,10H2,(H,18,19);/q;+1/p-1/t14-;/m0./s1. The minimum Gasteiger partial charge on any atom is -0.548 e. The minimum absolute atomic E-state index is 0. The van der Waals surface area contributed by atoms with Crippen LogP contribution in [0.15, 0.2) is 59.5 Å². The summed E-state index contributed by atoms with van der Waals surface area (Å²) in [7, 11) is -4.16. The van der Waals surface area contributed by atoms with Crippen LogP contribution in [0.2, 0.25) is 0 Å². The smallest absolute Gasteiger partial charge is 0.548 e. The molecule has 1 N–H and O–H groups in total. The van der Waals surface area contributed by atoms with Gasteiger partial charge in [0, 0.05) is 12.1 Å². The second-order valence-electron chi connectivity index (χ2n) is 4.93. The quantitative estimate of drug-likeness (QED) is 0.336. The third-order valence-corrected chi connectivity index (χ3v) is 4.71. The summed E-state index contributed by atoms with van der Waals surface area (Å²) in [4.78, 5) is 20.9. The van der Waals surface area contributed by atoms with E-state index in [2.05, 4.69) is 0 Å². The molecule has 2 rings (SSSR count). The first-order valence-electron chi connectivity index (χ1n) is 6.81. The number of nitrogens with one attached hydrogen (secondary N) is 1. The average Bonchev–Trinajstić information content (AvgIpc) is 2.55. The minimum atomic E-state index is -4.16. The molecule has 0 saturated heterocycles. The summed E-state index contributed by atoms with van der Waals surface area (Å²) < 4.78 is 26.5. The summed E-state index contributed by atoms with van der Waals surface area (Å²) >= 11 is 0. The molecule has 0 aliphatic carbocycles. The van der Waals surface area contributed by atoms with Gasteiger partial charge in [-0.3, -0.25) is 10.1 Å². The van der Waals surface area contributed by atoms with Crippen molar-refractivity contribution in [3.63, 3.8) is 0 Å². The van der Waals surface area contributed by atoms with Gasteiger partial charge in [0.05, 0.1) is 21.8 Å². The fourth-order valence-electron chi connectivity index (χ4n) is 2.03. The summed E-state index contributed by atoms with van der Waals surface area (Å²) in [5.41, 5.74) is 0.354. The zero-order valence-electron chi connectivity index (χ0n) is 13.3. The Bertz CT molecular complexity index is 840. The van der Waals surface area contributed by atoms with Crippen LogP contribution in [0.5, 0.6) is 0 Å². The number of carbonyl (C=O) groups excluding carboxylic acids is 1. The van der Waals surface area contributed by atoms with E-state index in [9.17, 15) is 28.4 Å². The maximum absolute atomic E-state index is 12.2. The number of carboxylic acids is 1. The molecule has 2 aromatic rings. The van der Waals surface area contributed by atoms with Gasteiger partial charge in [0.2, 0.25) is 10.0 Å². The number of hydrogen-bond acceptors (Lipinski definition) is 6. The molecule has 10 heteroatoms. The molecule has 0 unspecified atom stereocenters. The van der Waals surface area contributed by atoms with Crippen molar-refractivity contribution in [2.75, 3.05) is 0 Å². The fourth-order valence-corrected chi connectivity index (χ4v) is 3.21. The Morgan fingerprint density at radius 1 is 1.08 bits per heavy atom. The predicted octanol–water partition coefficient (Wildman–Crippen LogP) is -2.76. The summed E-state index contributed by atoms with van der Waals surface area (Å²) in [5.74, 6) is -1.57. The summed E-state index contributed by atoms with van der Waals surface area (Å²) in [5, 5.41) is 21.8. The third kappa shape index (κ3) is 6.49. The number of carbonyl (C=O) groups is 1. The van der Waals surface area contributed by atoms with Crippen molar-refractivity contribution in [3.8, 4) is 0 Å². The van der Waals surface area contributed by atoms with Crippen molar-refractivity contribution < 1.29 is 92.1 Å². The van der Waals surface area contributed by atoms with Crippen LogP contribution in [0.25, 0.3) is 0 Å². The number of non-ortho nitro benzene ring substituents is 1. The van der Waals surface area contributed by atoms with Crippen molar-refractivity contribution in [1.29, 1.82) is 0 Å².